The van der Waals surface area contributed by atoms with Crippen molar-refractivity contribution in [1.29, 1.82) is 0 Å². The maximum absolute atomic E-state index is 13.5. The molecule has 0 saturated carbocycles. The molecular weight excluding hydrogens is 289 g/mol. The molecule has 2 N–H and O–H groups in total. The van der Waals surface area contributed by atoms with Crippen LogP contribution >= 0.6 is 11.8 Å². The topological polar surface area (TPSA) is 46.3 Å². The van der Waals surface area contributed by atoms with Gasteiger partial charge in [0.25, 0.3) is 0 Å². The first-order chi connectivity index (χ1) is 9.47. The van der Waals surface area contributed by atoms with E-state index in [9.17, 15) is 18.0 Å². The minimum absolute atomic E-state index is 0.0172. The highest BCUT2D eigenvalue weighted by Gasteiger charge is 2.19. The zero-order valence-corrected chi connectivity index (χ0v) is 11.3. The maximum Gasteiger partial charge on any atom is 0.228 e. The van der Waals surface area contributed by atoms with Crippen LogP contribution in [0.1, 0.15) is 12.0 Å². The van der Waals surface area contributed by atoms with Crippen molar-refractivity contribution in [3.8, 4) is 0 Å². The number of thioether (sulfide) groups is 1. The van der Waals surface area contributed by atoms with Gasteiger partial charge in [0.05, 0.1) is 5.88 Å². The summed E-state index contributed by atoms with van der Waals surface area (Å²) in [5, 5.41) is 1.79. The van der Waals surface area contributed by atoms with Gasteiger partial charge in [-0.2, -0.15) is 0 Å². The summed E-state index contributed by atoms with van der Waals surface area (Å²) in [5.74, 6) is -2.87. The lowest BCUT2D eigenvalue weighted by Gasteiger charge is -2.16. The van der Waals surface area contributed by atoms with Crippen molar-refractivity contribution in [1.82, 2.24) is 4.90 Å². The van der Waals surface area contributed by atoms with Gasteiger partial charge >= 0.3 is 0 Å². The van der Waals surface area contributed by atoms with Crippen LogP contribution in [-0.2, 0) is 11.2 Å². The quantitative estimate of drug-likeness (QED) is 0.869. The van der Waals surface area contributed by atoms with Gasteiger partial charge in [-0.15, -0.1) is 11.8 Å². The van der Waals surface area contributed by atoms with E-state index in [1.165, 1.54) is 16.7 Å². The minimum Gasteiger partial charge on any atom is -0.327 e. The third kappa shape index (κ3) is 3.55. The van der Waals surface area contributed by atoms with Gasteiger partial charge in [-0.3, -0.25) is 4.79 Å². The molecule has 0 aliphatic carbocycles. The standard InChI is InChI=1S/C13H13F3N2OS/c14-10-6-12(16)11(15)4-8(10)3-9(17)5-13(19)18-1-2-20-7-18/h1-2,4,6,9H,3,5,7,17H2/t9-/m1/s1. The highest BCUT2D eigenvalue weighted by atomic mass is 32.2. The van der Waals surface area contributed by atoms with E-state index in [0.29, 0.717) is 11.9 Å². The summed E-state index contributed by atoms with van der Waals surface area (Å²) in [7, 11) is 0. The van der Waals surface area contributed by atoms with E-state index in [-0.39, 0.29) is 24.3 Å². The first kappa shape index (κ1) is 14.9. The average Bonchev–Trinajstić information content (AvgIpc) is 2.89. The second kappa shape index (κ2) is 6.32. The molecule has 20 heavy (non-hydrogen) atoms. The Kier molecular flexibility index (Phi) is 4.72. The zero-order valence-electron chi connectivity index (χ0n) is 10.5. The summed E-state index contributed by atoms with van der Waals surface area (Å²) >= 11 is 1.48. The smallest absolute Gasteiger partial charge is 0.228 e. The van der Waals surface area contributed by atoms with Crippen LogP contribution in [0.4, 0.5) is 13.2 Å². The summed E-state index contributed by atoms with van der Waals surface area (Å²) in [6.45, 7) is 0. The number of halogens is 3. The fraction of sp³-hybridized carbons (Fsp3) is 0.308. The molecule has 0 aromatic heterocycles. The molecular formula is C13H13F3N2OS. The molecule has 0 fully saturated rings. The molecule has 0 radical (unpaired) electrons. The van der Waals surface area contributed by atoms with Crippen LogP contribution in [0, 0.1) is 17.5 Å². The fourth-order valence-corrected chi connectivity index (χ4v) is 2.56. The average molecular weight is 302 g/mol. The van der Waals surface area contributed by atoms with E-state index in [1.807, 2.05) is 0 Å². The number of hydrogen-bond acceptors (Lipinski definition) is 3. The van der Waals surface area contributed by atoms with E-state index >= 15 is 0 Å². The second-order valence-corrected chi connectivity index (χ2v) is 5.33. The van der Waals surface area contributed by atoms with Crippen molar-refractivity contribution in [3.05, 3.63) is 46.8 Å². The van der Waals surface area contributed by atoms with Gasteiger partial charge in [0, 0.05) is 24.7 Å². The lowest BCUT2D eigenvalue weighted by atomic mass is 10.0. The van der Waals surface area contributed by atoms with Gasteiger partial charge in [-0.1, -0.05) is 0 Å². The SMILES string of the molecule is N[C@@H](CC(=O)N1C=CSC1)Cc1cc(F)c(F)cc1F. The van der Waals surface area contributed by atoms with Gasteiger partial charge in [-0.25, -0.2) is 13.2 Å². The first-order valence-electron chi connectivity index (χ1n) is 5.94. The Morgan fingerprint density at radius 2 is 2.00 bits per heavy atom. The molecule has 0 bridgehead atoms. The number of nitrogens with two attached hydrogens (primary N) is 1. The Morgan fingerprint density at radius 3 is 2.65 bits per heavy atom. The Morgan fingerprint density at radius 1 is 1.30 bits per heavy atom. The van der Waals surface area contributed by atoms with Gasteiger partial charge in [0.1, 0.15) is 5.82 Å². The lowest BCUT2D eigenvalue weighted by molar-refractivity contribution is -0.128. The number of amides is 1. The van der Waals surface area contributed by atoms with Crippen LogP contribution < -0.4 is 5.73 Å². The molecule has 1 amide bonds. The van der Waals surface area contributed by atoms with Crippen LogP contribution in [0.5, 0.6) is 0 Å². The lowest BCUT2D eigenvalue weighted by Crippen LogP contribution is -2.33. The highest BCUT2D eigenvalue weighted by Crippen LogP contribution is 2.18. The van der Waals surface area contributed by atoms with E-state index in [1.54, 1.807) is 11.6 Å². The first-order valence-corrected chi connectivity index (χ1v) is 6.99. The molecule has 1 aliphatic rings. The number of nitrogens with zero attached hydrogens (tertiary/aromatic N) is 1. The molecule has 0 saturated heterocycles. The molecule has 1 aliphatic heterocycles. The Balaban J connectivity index is 1.97. The van der Waals surface area contributed by atoms with Gasteiger partial charge in [0.2, 0.25) is 5.91 Å². The molecule has 108 valence electrons. The fourth-order valence-electron chi connectivity index (χ4n) is 1.85. The predicted molar refractivity (Wildman–Crippen MR) is 71.1 cm³/mol. The molecule has 7 heteroatoms. The predicted octanol–water partition coefficient (Wildman–Crippen LogP) is 2.37. The van der Waals surface area contributed by atoms with E-state index in [2.05, 4.69) is 0 Å². The number of rotatable bonds is 4. The molecule has 3 nitrogen and oxygen atoms in total. The normalized spacial score (nSPS) is 15.7. The monoisotopic (exact) mass is 302 g/mol. The van der Waals surface area contributed by atoms with Crippen LogP contribution in [0.25, 0.3) is 0 Å². The second-order valence-electron chi connectivity index (χ2n) is 4.47. The molecule has 1 aromatic carbocycles. The van der Waals surface area contributed by atoms with Crippen LogP contribution in [0.3, 0.4) is 0 Å². The van der Waals surface area contributed by atoms with Crippen LogP contribution in [0.15, 0.2) is 23.7 Å². The summed E-state index contributed by atoms with van der Waals surface area (Å²) < 4.78 is 39.3. The summed E-state index contributed by atoms with van der Waals surface area (Å²) in [6, 6.07) is 0.612. The van der Waals surface area contributed by atoms with Crippen molar-refractivity contribution >= 4 is 17.7 Å². The number of benzene rings is 1. The maximum atomic E-state index is 13.5. The molecule has 0 unspecified atom stereocenters. The highest BCUT2D eigenvalue weighted by molar-refractivity contribution is 8.02. The third-order valence-corrected chi connectivity index (χ3v) is 3.62. The van der Waals surface area contributed by atoms with Crippen molar-refractivity contribution < 1.29 is 18.0 Å². The number of carbonyl (C=O) groups is 1. The van der Waals surface area contributed by atoms with E-state index in [4.69, 9.17) is 5.73 Å². The summed E-state index contributed by atoms with van der Waals surface area (Å²) in [6.07, 6.45) is 1.64. The van der Waals surface area contributed by atoms with E-state index in [0.717, 1.165) is 6.07 Å². The molecule has 2 rings (SSSR count). The van der Waals surface area contributed by atoms with Gasteiger partial charge in [0.15, 0.2) is 11.6 Å². The molecule has 1 aromatic rings. The summed E-state index contributed by atoms with van der Waals surface area (Å²) in [4.78, 5) is 13.3. The van der Waals surface area contributed by atoms with E-state index < -0.39 is 23.5 Å². The number of hydrogen-bond donors (Lipinski definition) is 1. The van der Waals surface area contributed by atoms with Crippen molar-refractivity contribution in [2.75, 3.05) is 5.88 Å². The van der Waals surface area contributed by atoms with Gasteiger partial charge in [-0.05, 0) is 23.5 Å². The van der Waals surface area contributed by atoms with Crippen molar-refractivity contribution in [2.45, 2.75) is 18.9 Å². The Bertz CT molecular complexity index is 551. The Labute approximate surface area is 118 Å². The van der Waals surface area contributed by atoms with Crippen molar-refractivity contribution in [3.63, 3.8) is 0 Å². The minimum atomic E-state index is -1.24. The van der Waals surface area contributed by atoms with Crippen LogP contribution in [0.2, 0.25) is 0 Å². The number of carbonyl (C=O) groups excluding carboxylic acids is 1. The molecule has 1 atom stereocenters. The van der Waals surface area contributed by atoms with Gasteiger partial charge < -0.3 is 10.6 Å². The van der Waals surface area contributed by atoms with Crippen LogP contribution in [-0.4, -0.2) is 22.7 Å². The Hall–Kier alpha value is -1.47. The zero-order chi connectivity index (χ0) is 14.7. The summed E-state index contributed by atoms with van der Waals surface area (Å²) in [5.41, 5.74) is 5.74. The van der Waals surface area contributed by atoms with Crippen molar-refractivity contribution in [2.24, 2.45) is 5.73 Å². The molecule has 0 spiro atoms. The largest absolute Gasteiger partial charge is 0.327 e. The third-order valence-electron chi connectivity index (χ3n) is 2.88. The molecule has 1 heterocycles.